The number of nitrogens with two attached hydrogens (primary N) is 1. The van der Waals surface area contributed by atoms with Gasteiger partial charge in [-0.15, -0.1) is 0 Å². The second kappa shape index (κ2) is 4.67. The second-order valence-corrected chi connectivity index (χ2v) is 5.54. The fourth-order valence-corrected chi connectivity index (χ4v) is 1.68. The van der Waals surface area contributed by atoms with Gasteiger partial charge in [-0.25, -0.2) is 0 Å². The van der Waals surface area contributed by atoms with Crippen molar-refractivity contribution in [1.82, 2.24) is 0 Å². The Labute approximate surface area is 104 Å². The highest BCUT2D eigenvalue weighted by Crippen LogP contribution is 2.28. The summed E-state index contributed by atoms with van der Waals surface area (Å²) in [4.78, 5) is 2.19. The van der Waals surface area contributed by atoms with E-state index in [1.54, 1.807) is 6.07 Å². The molecule has 1 atom stereocenters. The summed E-state index contributed by atoms with van der Waals surface area (Å²) in [6, 6.07) is 8.04. The topological polar surface area (TPSA) is 53.0 Å². The molecule has 0 bridgehead atoms. The molecule has 0 heterocycles. The van der Waals surface area contributed by atoms with Crippen LogP contribution in [-0.2, 0) is 0 Å². The van der Waals surface area contributed by atoms with Gasteiger partial charge in [-0.1, -0.05) is 20.8 Å². The maximum absolute atomic E-state index is 8.84. The first-order valence-corrected chi connectivity index (χ1v) is 5.80. The van der Waals surface area contributed by atoms with Crippen molar-refractivity contribution in [3.63, 3.8) is 0 Å². The van der Waals surface area contributed by atoms with Crippen molar-refractivity contribution in [2.75, 3.05) is 17.7 Å². The fourth-order valence-electron chi connectivity index (χ4n) is 1.68. The van der Waals surface area contributed by atoms with Crippen molar-refractivity contribution in [3.8, 4) is 6.07 Å². The molecule has 92 valence electrons. The maximum atomic E-state index is 8.84. The Balaban J connectivity index is 3.02. The summed E-state index contributed by atoms with van der Waals surface area (Å²) < 4.78 is 0. The van der Waals surface area contributed by atoms with Gasteiger partial charge in [0, 0.05) is 18.8 Å². The van der Waals surface area contributed by atoms with Gasteiger partial charge in [0.15, 0.2) is 0 Å². The van der Waals surface area contributed by atoms with E-state index in [0.29, 0.717) is 17.3 Å². The summed E-state index contributed by atoms with van der Waals surface area (Å²) in [5.41, 5.74) is 8.14. The fraction of sp³-hybridized carbons (Fsp3) is 0.500. The molecule has 0 radical (unpaired) electrons. The number of hydrogen-bond acceptors (Lipinski definition) is 3. The van der Waals surface area contributed by atoms with Gasteiger partial charge in [-0.3, -0.25) is 0 Å². The predicted molar refractivity (Wildman–Crippen MR) is 72.9 cm³/mol. The van der Waals surface area contributed by atoms with Gasteiger partial charge in [-0.2, -0.15) is 5.26 Å². The monoisotopic (exact) mass is 231 g/mol. The maximum Gasteiger partial charge on any atom is 0.101 e. The lowest BCUT2D eigenvalue weighted by Gasteiger charge is -2.37. The Morgan fingerprint density at radius 3 is 2.35 bits per heavy atom. The van der Waals surface area contributed by atoms with E-state index in [9.17, 15) is 0 Å². The minimum absolute atomic E-state index is 0.192. The summed E-state index contributed by atoms with van der Waals surface area (Å²) in [6.45, 7) is 8.82. The lowest BCUT2D eigenvalue weighted by atomic mass is 9.87. The van der Waals surface area contributed by atoms with E-state index >= 15 is 0 Å². The number of benzene rings is 1. The van der Waals surface area contributed by atoms with Crippen molar-refractivity contribution in [3.05, 3.63) is 23.8 Å². The second-order valence-electron chi connectivity index (χ2n) is 5.54. The number of nitriles is 1. The molecule has 0 saturated carbocycles. The average Bonchev–Trinajstić information content (AvgIpc) is 2.25. The third kappa shape index (κ3) is 2.91. The lowest BCUT2D eigenvalue weighted by molar-refractivity contribution is 0.330. The smallest absolute Gasteiger partial charge is 0.101 e. The molecule has 1 aromatic rings. The predicted octanol–water partition coefficient (Wildman–Crippen LogP) is 3.01. The third-order valence-electron chi connectivity index (χ3n) is 3.40. The molecule has 0 aliphatic carbocycles. The lowest BCUT2D eigenvalue weighted by Crippen LogP contribution is -2.39. The molecule has 17 heavy (non-hydrogen) atoms. The van der Waals surface area contributed by atoms with E-state index in [-0.39, 0.29) is 5.41 Å². The van der Waals surface area contributed by atoms with Gasteiger partial charge in [0.2, 0.25) is 0 Å². The van der Waals surface area contributed by atoms with Gasteiger partial charge in [-0.05, 0) is 30.5 Å². The van der Waals surface area contributed by atoms with Crippen molar-refractivity contribution in [2.45, 2.75) is 33.7 Å². The van der Waals surface area contributed by atoms with Gasteiger partial charge >= 0.3 is 0 Å². The molecule has 3 nitrogen and oxygen atoms in total. The first kappa shape index (κ1) is 13.4. The Hall–Kier alpha value is -1.69. The van der Waals surface area contributed by atoms with Gasteiger partial charge in [0.05, 0.1) is 11.3 Å². The summed E-state index contributed by atoms with van der Waals surface area (Å²) >= 11 is 0. The zero-order valence-corrected chi connectivity index (χ0v) is 11.3. The Bertz CT molecular complexity index is 438. The number of hydrogen-bond donors (Lipinski definition) is 1. The van der Waals surface area contributed by atoms with E-state index in [2.05, 4.69) is 45.7 Å². The van der Waals surface area contributed by atoms with E-state index in [1.807, 2.05) is 12.1 Å². The molecule has 0 aliphatic rings. The highest BCUT2D eigenvalue weighted by molar-refractivity contribution is 5.63. The summed E-state index contributed by atoms with van der Waals surface area (Å²) in [7, 11) is 2.05. The molecule has 0 spiro atoms. The molecule has 0 aromatic heterocycles. The van der Waals surface area contributed by atoms with Crippen LogP contribution < -0.4 is 10.6 Å². The standard InChI is InChI=1S/C14H21N3/c1-10(14(2,3)4)17(5)12-7-6-11(9-15)13(16)8-12/h6-8,10H,16H2,1-5H3. The molecule has 0 fully saturated rings. The van der Waals surface area contributed by atoms with Gasteiger partial charge < -0.3 is 10.6 Å². The Morgan fingerprint density at radius 2 is 1.94 bits per heavy atom. The van der Waals surface area contributed by atoms with Crippen LogP contribution in [0.3, 0.4) is 0 Å². The largest absolute Gasteiger partial charge is 0.398 e. The van der Waals surface area contributed by atoms with Crippen molar-refractivity contribution >= 4 is 11.4 Å². The Morgan fingerprint density at radius 1 is 1.35 bits per heavy atom. The van der Waals surface area contributed by atoms with Crippen molar-refractivity contribution in [2.24, 2.45) is 5.41 Å². The van der Waals surface area contributed by atoms with Crippen LogP contribution in [-0.4, -0.2) is 13.1 Å². The summed E-state index contributed by atoms with van der Waals surface area (Å²) in [5.74, 6) is 0. The van der Waals surface area contributed by atoms with Crippen LogP contribution in [0.4, 0.5) is 11.4 Å². The molecule has 0 amide bonds. The van der Waals surface area contributed by atoms with Gasteiger partial charge in [0.1, 0.15) is 6.07 Å². The van der Waals surface area contributed by atoms with Crippen LogP contribution in [0.5, 0.6) is 0 Å². The van der Waals surface area contributed by atoms with E-state index in [1.165, 1.54) is 0 Å². The summed E-state index contributed by atoms with van der Waals surface area (Å²) in [5, 5.41) is 8.84. The zero-order chi connectivity index (χ0) is 13.2. The molecule has 0 aliphatic heterocycles. The van der Waals surface area contributed by atoms with E-state index < -0.39 is 0 Å². The van der Waals surface area contributed by atoms with E-state index in [4.69, 9.17) is 11.0 Å². The van der Waals surface area contributed by atoms with Crippen molar-refractivity contribution in [1.29, 1.82) is 5.26 Å². The number of anilines is 2. The normalized spacial score (nSPS) is 12.9. The van der Waals surface area contributed by atoms with Crippen LogP contribution in [0.2, 0.25) is 0 Å². The number of rotatable bonds is 2. The molecule has 3 heteroatoms. The summed E-state index contributed by atoms with van der Waals surface area (Å²) in [6.07, 6.45) is 0. The Kier molecular flexibility index (Phi) is 3.67. The first-order chi connectivity index (χ1) is 7.77. The molecule has 0 saturated heterocycles. The number of nitrogens with zero attached hydrogens (tertiary/aromatic N) is 2. The molecule has 1 unspecified atom stereocenters. The van der Waals surface area contributed by atoms with Crippen LogP contribution in [0.15, 0.2) is 18.2 Å². The van der Waals surface area contributed by atoms with Gasteiger partial charge in [0.25, 0.3) is 0 Å². The van der Waals surface area contributed by atoms with E-state index in [0.717, 1.165) is 5.69 Å². The quantitative estimate of drug-likeness (QED) is 0.796. The highest BCUT2D eigenvalue weighted by Gasteiger charge is 2.24. The zero-order valence-electron chi connectivity index (χ0n) is 11.3. The SMILES string of the molecule is CC(N(C)c1ccc(C#N)c(N)c1)C(C)(C)C. The average molecular weight is 231 g/mol. The molecule has 1 rings (SSSR count). The van der Waals surface area contributed by atoms with Crippen LogP contribution in [0.1, 0.15) is 33.3 Å². The van der Waals surface area contributed by atoms with Crippen LogP contribution in [0.25, 0.3) is 0 Å². The minimum Gasteiger partial charge on any atom is -0.398 e. The number of nitrogen functional groups attached to an aromatic ring is 1. The highest BCUT2D eigenvalue weighted by atomic mass is 15.1. The minimum atomic E-state index is 0.192. The molecule has 2 N–H and O–H groups in total. The van der Waals surface area contributed by atoms with Crippen LogP contribution >= 0.6 is 0 Å². The molecular formula is C14H21N3. The third-order valence-corrected chi connectivity index (χ3v) is 3.40. The van der Waals surface area contributed by atoms with Crippen molar-refractivity contribution < 1.29 is 0 Å². The van der Waals surface area contributed by atoms with Crippen LogP contribution in [0, 0.1) is 16.7 Å². The first-order valence-electron chi connectivity index (χ1n) is 5.80. The molecular weight excluding hydrogens is 210 g/mol. The molecule has 1 aromatic carbocycles.